The molecule has 1 heterocycles. The van der Waals surface area contributed by atoms with Gasteiger partial charge in [-0.15, -0.1) is 0 Å². The number of carbonyl (C=O) groups is 1. The lowest BCUT2D eigenvalue weighted by atomic mass is 10.1. The molecule has 0 bridgehead atoms. The lowest BCUT2D eigenvalue weighted by Gasteiger charge is -2.04. The highest BCUT2D eigenvalue weighted by Crippen LogP contribution is 2.24. The Labute approximate surface area is 124 Å². The summed E-state index contributed by atoms with van der Waals surface area (Å²) in [5.74, 6) is -0.589. The van der Waals surface area contributed by atoms with Gasteiger partial charge in [0.25, 0.3) is 0 Å². The van der Waals surface area contributed by atoms with Crippen molar-refractivity contribution in [3.05, 3.63) is 40.2 Å². The molecule has 0 saturated heterocycles. The first-order valence-corrected chi connectivity index (χ1v) is 6.25. The molecular formula is C13H11N3O4S. The van der Waals surface area contributed by atoms with Crippen LogP contribution in [0.25, 0.3) is 11.0 Å². The van der Waals surface area contributed by atoms with Gasteiger partial charge in [0, 0.05) is 13.1 Å². The third kappa shape index (κ3) is 3.42. The molecule has 21 heavy (non-hydrogen) atoms. The van der Waals surface area contributed by atoms with Crippen molar-refractivity contribution >= 4 is 40.4 Å². The van der Waals surface area contributed by atoms with Gasteiger partial charge in [-0.2, -0.15) is 0 Å². The van der Waals surface area contributed by atoms with Crippen molar-refractivity contribution in [2.75, 3.05) is 0 Å². The van der Waals surface area contributed by atoms with E-state index < -0.39 is 5.63 Å². The SMILES string of the molecule is CC(=O)NNC(=S)/N=C\c1c(O)c2ccccc2oc1=O. The molecule has 1 aromatic heterocycles. The summed E-state index contributed by atoms with van der Waals surface area (Å²) in [7, 11) is 0. The largest absolute Gasteiger partial charge is 0.506 e. The number of rotatable bonds is 1. The zero-order valence-electron chi connectivity index (χ0n) is 10.9. The number of nitrogens with zero attached hydrogens (tertiary/aromatic N) is 1. The maximum Gasteiger partial charge on any atom is 0.348 e. The van der Waals surface area contributed by atoms with Gasteiger partial charge in [-0.3, -0.25) is 15.6 Å². The molecule has 2 aromatic rings. The maximum atomic E-state index is 11.8. The molecule has 2 rings (SSSR count). The van der Waals surface area contributed by atoms with E-state index in [1.54, 1.807) is 24.3 Å². The monoisotopic (exact) mass is 305 g/mol. The Morgan fingerprint density at radius 1 is 1.38 bits per heavy atom. The van der Waals surface area contributed by atoms with E-state index in [4.69, 9.17) is 16.6 Å². The van der Waals surface area contributed by atoms with Gasteiger partial charge in [0.15, 0.2) is 0 Å². The molecule has 0 saturated carbocycles. The van der Waals surface area contributed by atoms with Gasteiger partial charge in [0.2, 0.25) is 11.0 Å². The third-order valence-electron chi connectivity index (χ3n) is 2.48. The maximum absolute atomic E-state index is 11.8. The lowest BCUT2D eigenvalue weighted by Crippen LogP contribution is -2.38. The summed E-state index contributed by atoms with van der Waals surface area (Å²) in [5.41, 5.74) is 3.99. The molecule has 0 atom stereocenters. The second-order valence-corrected chi connectivity index (χ2v) is 4.40. The van der Waals surface area contributed by atoms with Crippen molar-refractivity contribution < 1.29 is 14.3 Å². The summed E-state index contributed by atoms with van der Waals surface area (Å²) < 4.78 is 5.06. The first-order valence-electron chi connectivity index (χ1n) is 5.84. The van der Waals surface area contributed by atoms with Crippen molar-refractivity contribution in [1.82, 2.24) is 10.9 Å². The Morgan fingerprint density at radius 2 is 2.10 bits per heavy atom. The van der Waals surface area contributed by atoms with E-state index in [0.29, 0.717) is 5.39 Å². The van der Waals surface area contributed by atoms with E-state index in [2.05, 4.69) is 15.8 Å². The number of thiocarbonyl (C=S) groups is 1. The highest BCUT2D eigenvalue weighted by Gasteiger charge is 2.11. The van der Waals surface area contributed by atoms with Crippen molar-refractivity contribution in [3.63, 3.8) is 0 Å². The molecule has 0 spiro atoms. The molecule has 1 amide bonds. The number of hydrogen-bond acceptors (Lipinski definition) is 5. The van der Waals surface area contributed by atoms with Crippen molar-refractivity contribution in [2.45, 2.75) is 6.92 Å². The smallest absolute Gasteiger partial charge is 0.348 e. The number of hydrogen-bond donors (Lipinski definition) is 3. The highest BCUT2D eigenvalue weighted by atomic mass is 32.1. The molecule has 108 valence electrons. The van der Waals surface area contributed by atoms with Gasteiger partial charge in [-0.1, -0.05) is 12.1 Å². The number of fused-ring (bicyclic) bond motifs is 1. The van der Waals surface area contributed by atoms with E-state index >= 15 is 0 Å². The number of benzene rings is 1. The van der Waals surface area contributed by atoms with Crippen LogP contribution in [0.3, 0.4) is 0 Å². The number of aliphatic imine (C=N–C) groups is 1. The predicted octanol–water partition coefficient (Wildman–Crippen LogP) is 0.843. The molecule has 7 nitrogen and oxygen atoms in total. The highest BCUT2D eigenvalue weighted by molar-refractivity contribution is 7.80. The average Bonchev–Trinajstić information content (AvgIpc) is 2.45. The van der Waals surface area contributed by atoms with Gasteiger partial charge >= 0.3 is 5.63 Å². The second-order valence-electron chi connectivity index (χ2n) is 4.02. The predicted molar refractivity (Wildman–Crippen MR) is 81.3 cm³/mol. The molecular weight excluding hydrogens is 294 g/mol. The molecule has 0 aliphatic carbocycles. The summed E-state index contributed by atoms with van der Waals surface area (Å²) in [6, 6.07) is 6.57. The molecule has 3 N–H and O–H groups in total. The Morgan fingerprint density at radius 3 is 2.81 bits per heavy atom. The van der Waals surface area contributed by atoms with E-state index in [0.717, 1.165) is 6.21 Å². The van der Waals surface area contributed by atoms with E-state index in [1.165, 1.54) is 6.92 Å². The molecule has 0 radical (unpaired) electrons. The Hall–Kier alpha value is -2.74. The normalized spacial score (nSPS) is 10.7. The quantitative estimate of drug-likeness (QED) is 0.312. The Kier molecular flexibility index (Phi) is 4.29. The lowest BCUT2D eigenvalue weighted by molar-refractivity contribution is -0.119. The van der Waals surface area contributed by atoms with E-state index in [9.17, 15) is 14.7 Å². The second kappa shape index (κ2) is 6.14. The van der Waals surface area contributed by atoms with Crippen molar-refractivity contribution in [1.29, 1.82) is 0 Å². The van der Waals surface area contributed by atoms with Crippen LogP contribution in [0.2, 0.25) is 0 Å². The Bertz CT molecular complexity index is 798. The number of hydrazine groups is 1. The fourth-order valence-corrected chi connectivity index (χ4v) is 1.66. The van der Waals surface area contributed by atoms with Crippen LogP contribution in [0.5, 0.6) is 5.75 Å². The molecule has 1 aromatic carbocycles. The van der Waals surface area contributed by atoms with Crippen LogP contribution >= 0.6 is 12.2 Å². The van der Waals surface area contributed by atoms with Crippen molar-refractivity contribution in [3.8, 4) is 5.75 Å². The molecule has 0 fully saturated rings. The third-order valence-corrected chi connectivity index (χ3v) is 2.68. The van der Waals surface area contributed by atoms with Crippen LogP contribution in [0.15, 0.2) is 38.5 Å². The first-order chi connectivity index (χ1) is 9.99. The van der Waals surface area contributed by atoms with Crippen LogP contribution in [0, 0.1) is 0 Å². The van der Waals surface area contributed by atoms with Crippen LogP contribution < -0.4 is 16.5 Å². The fraction of sp³-hybridized carbons (Fsp3) is 0.0769. The minimum Gasteiger partial charge on any atom is -0.506 e. The minimum absolute atomic E-state index is 0.0721. The van der Waals surface area contributed by atoms with Crippen molar-refractivity contribution in [2.24, 2.45) is 4.99 Å². The molecule has 8 heteroatoms. The zero-order chi connectivity index (χ0) is 15.4. The minimum atomic E-state index is -0.739. The van der Waals surface area contributed by atoms with Gasteiger partial charge < -0.3 is 9.52 Å². The molecule has 0 aliphatic rings. The average molecular weight is 305 g/mol. The Balaban J connectivity index is 2.32. The van der Waals surface area contributed by atoms with Gasteiger partial charge in [0.05, 0.1) is 5.39 Å². The first kappa shape index (κ1) is 14.7. The number of nitrogens with one attached hydrogen (secondary N) is 2. The molecule has 0 aliphatic heterocycles. The number of amides is 1. The summed E-state index contributed by atoms with van der Waals surface area (Å²) in [4.78, 5) is 26.2. The van der Waals surface area contributed by atoms with E-state index in [1.807, 2.05) is 0 Å². The van der Waals surface area contributed by atoms with Crippen LogP contribution in [0.1, 0.15) is 12.5 Å². The topological polar surface area (TPSA) is 104 Å². The van der Waals surface area contributed by atoms with Gasteiger partial charge in [-0.25, -0.2) is 9.79 Å². The van der Waals surface area contributed by atoms with Crippen LogP contribution in [-0.2, 0) is 4.79 Å². The van der Waals surface area contributed by atoms with Gasteiger partial charge in [-0.05, 0) is 24.4 Å². The van der Waals surface area contributed by atoms with Gasteiger partial charge in [0.1, 0.15) is 16.9 Å². The summed E-state index contributed by atoms with van der Waals surface area (Å²) in [6.07, 6.45) is 1.07. The number of aromatic hydroxyl groups is 1. The summed E-state index contributed by atoms with van der Waals surface area (Å²) in [6.45, 7) is 1.29. The molecule has 0 unspecified atom stereocenters. The number of para-hydroxylation sites is 1. The van der Waals surface area contributed by atoms with Crippen LogP contribution in [0.4, 0.5) is 0 Å². The standard InChI is InChI=1S/C13H11N3O4S/c1-7(17)15-16-13(21)14-6-9-11(18)8-4-2-3-5-10(8)20-12(9)19/h2-6,18H,1H3,(H,15,17)(H,16,21)/b14-6-. The summed E-state index contributed by atoms with van der Waals surface area (Å²) >= 11 is 4.82. The van der Waals surface area contributed by atoms with E-state index in [-0.39, 0.29) is 27.9 Å². The zero-order valence-corrected chi connectivity index (χ0v) is 11.7. The fourth-order valence-electron chi connectivity index (χ4n) is 1.56. The number of carbonyl (C=O) groups excluding carboxylic acids is 1. The van der Waals surface area contributed by atoms with Crippen LogP contribution in [-0.4, -0.2) is 22.3 Å². The summed E-state index contributed by atoms with van der Waals surface area (Å²) in [5, 5.41) is 10.4.